The Morgan fingerprint density at radius 2 is 2.38 bits per heavy atom. The smallest absolute Gasteiger partial charge is 0.289 e. The Morgan fingerprint density at radius 1 is 1.62 bits per heavy atom. The van der Waals surface area contributed by atoms with E-state index in [1.165, 1.54) is 0 Å². The molecule has 1 saturated carbocycles. The molecule has 4 heteroatoms. The van der Waals surface area contributed by atoms with Gasteiger partial charge in [-0.2, -0.15) is 5.26 Å². The second-order valence-electron chi connectivity index (χ2n) is 4.05. The maximum atomic E-state index is 12.1. The van der Waals surface area contributed by atoms with Gasteiger partial charge in [-0.05, 0) is 31.9 Å². The SMILES string of the molecule is Cc1ccc(C(=O)N(CCC#N)C2CC2)o1. The van der Waals surface area contributed by atoms with Crippen LogP contribution < -0.4 is 0 Å². The van der Waals surface area contributed by atoms with Gasteiger partial charge in [-0.3, -0.25) is 4.79 Å². The molecular formula is C12H14N2O2. The molecule has 1 heterocycles. The highest BCUT2D eigenvalue weighted by Gasteiger charge is 2.33. The largest absolute Gasteiger partial charge is 0.456 e. The van der Waals surface area contributed by atoms with Crippen molar-refractivity contribution in [3.63, 3.8) is 0 Å². The summed E-state index contributed by atoms with van der Waals surface area (Å²) >= 11 is 0. The molecule has 0 aromatic carbocycles. The molecule has 1 amide bonds. The van der Waals surface area contributed by atoms with E-state index in [4.69, 9.17) is 9.68 Å². The maximum Gasteiger partial charge on any atom is 0.289 e. The minimum atomic E-state index is -0.0918. The van der Waals surface area contributed by atoms with Crippen LogP contribution in [0.5, 0.6) is 0 Å². The zero-order valence-electron chi connectivity index (χ0n) is 9.27. The number of hydrogen-bond acceptors (Lipinski definition) is 3. The molecule has 1 aromatic rings. The Hall–Kier alpha value is -1.76. The van der Waals surface area contributed by atoms with E-state index in [2.05, 4.69) is 6.07 Å². The van der Waals surface area contributed by atoms with E-state index < -0.39 is 0 Å². The Labute approximate surface area is 94.5 Å². The lowest BCUT2D eigenvalue weighted by Crippen LogP contribution is -2.33. The van der Waals surface area contributed by atoms with Gasteiger partial charge in [0, 0.05) is 12.6 Å². The van der Waals surface area contributed by atoms with Crippen molar-refractivity contribution >= 4 is 5.91 Å². The topological polar surface area (TPSA) is 57.2 Å². The molecule has 16 heavy (non-hydrogen) atoms. The molecule has 0 spiro atoms. The summed E-state index contributed by atoms with van der Waals surface area (Å²) in [4.78, 5) is 13.8. The number of rotatable bonds is 4. The fraction of sp³-hybridized carbons (Fsp3) is 0.500. The quantitative estimate of drug-likeness (QED) is 0.777. The van der Waals surface area contributed by atoms with E-state index in [0.717, 1.165) is 18.6 Å². The van der Waals surface area contributed by atoms with E-state index in [1.807, 2.05) is 6.92 Å². The van der Waals surface area contributed by atoms with Crippen molar-refractivity contribution < 1.29 is 9.21 Å². The zero-order valence-corrected chi connectivity index (χ0v) is 9.27. The number of nitriles is 1. The predicted octanol–water partition coefficient (Wildman–Crippen LogP) is 2.11. The van der Waals surface area contributed by atoms with Crippen molar-refractivity contribution in [2.45, 2.75) is 32.2 Å². The van der Waals surface area contributed by atoms with Crippen molar-refractivity contribution in [3.05, 3.63) is 23.7 Å². The Kier molecular flexibility index (Phi) is 2.95. The van der Waals surface area contributed by atoms with Crippen molar-refractivity contribution in [2.75, 3.05) is 6.54 Å². The predicted molar refractivity (Wildman–Crippen MR) is 57.7 cm³/mol. The third kappa shape index (κ3) is 2.25. The molecule has 1 aromatic heterocycles. The average molecular weight is 218 g/mol. The monoisotopic (exact) mass is 218 g/mol. The van der Waals surface area contributed by atoms with Gasteiger partial charge < -0.3 is 9.32 Å². The number of furan rings is 1. The Balaban J connectivity index is 2.08. The third-order valence-electron chi connectivity index (χ3n) is 2.66. The van der Waals surface area contributed by atoms with Gasteiger partial charge in [0.2, 0.25) is 0 Å². The maximum absolute atomic E-state index is 12.1. The van der Waals surface area contributed by atoms with Crippen LogP contribution in [0.1, 0.15) is 35.6 Å². The van der Waals surface area contributed by atoms with Crippen molar-refractivity contribution in [2.24, 2.45) is 0 Å². The van der Waals surface area contributed by atoms with Crippen LogP contribution in [0.3, 0.4) is 0 Å². The third-order valence-corrected chi connectivity index (χ3v) is 2.66. The highest BCUT2D eigenvalue weighted by atomic mass is 16.3. The molecule has 0 atom stereocenters. The zero-order chi connectivity index (χ0) is 11.5. The molecular weight excluding hydrogens is 204 g/mol. The standard InChI is InChI=1S/C12H14N2O2/c1-9-3-6-11(16-9)12(15)14(8-2-7-13)10-4-5-10/h3,6,10H,2,4-5,8H2,1H3. The second kappa shape index (κ2) is 4.40. The van der Waals surface area contributed by atoms with Gasteiger partial charge in [0.15, 0.2) is 5.76 Å². The summed E-state index contributed by atoms with van der Waals surface area (Å²) in [5, 5.41) is 8.56. The van der Waals surface area contributed by atoms with E-state index in [-0.39, 0.29) is 5.91 Å². The number of carbonyl (C=O) groups is 1. The molecule has 2 rings (SSSR count). The lowest BCUT2D eigenvalue weighted by molar-refractivity contribution is 0.0713. The minimum absolute atomic E-state index is 0.0918. The van der Waals surface area contributed by atoms with Crippen LogP contribution in [0.4, 0.5) is 0 Å². The van der Waals surface area contributed by atoms with Crippen molar-refractivity contribution in [1.29, 1.82) is 5.26 Å². The highest BCUT2D eigenvalue weighted by Crippen LogP contribution is 2.28. The van der Waals surface area contributed by atoms with Crippen LogP contribution in [-0.2, 0) is 0 Å². The van der Waals surface area contributed by atoms with Gasteiger partial charge in [0.25, 0.3) is 5.91 Å². The summed E-state index contributed by atoms with van der Waals surface area (Å²) in [5.74, 6) is 1.02. The van der Waals surface area contributed by atoms with Gasteiger partial charge in [0.05, 0.1) is 12.5 Å². The van der Waals surface area contributed by atoms with Crippen molar-refractivity contribution in [1.82, 2.24) is 4.90 Å². The molecule has 0 radical (unpaired) electrons. The summed E-state index contributed by atoms with van der Waals surface area (Å²) in [6.45, 7) is 2.31. The summed E-state index contributed by atoms with van der Waals surface area (Å²) < 4.78 is 5.31. The molecule has 0 bridgehead atoms. The lowest BCUT2D eigenvalue weighted by atomic mass is 10.3. The van der Waals surface area contributed by atoms with Gasteiger partial charge in [-0.15, -0.1) is 0 Å². The molecule has 0 saturated heterocycles. The first-order valence-corrected chi connectivity index (χ1v) is 5.46. The second-order valence-corrected chi connectivity index (χ2v) is 4.05. The molecule has 1 aliphatic rings. The van der Waals surface area contributed by atoms with E-state index in [1.54, 1.807) is 17.0 Å². The fourth-order valence-corrected chi connectivity index (χ4v) is 1.70. The first-order chi connectivity index (χ1) is 7.72. The van der Waals surface area contributed by atoms with E-state index in [9.17, 15) is 4.79 Å². The number of nitrogens with zero attached hydrogens (tertiary/aromatic N) is 2. The molecule has 1 fully saturated rings. The number of amides is 1. The first kappa shape index (κ1) is 10.7. The fourth-order valence-electron chi connectivity index (χ4n) is 1.70. The molecule has 84 valence electrons. The Bertz CT molecular complexity index is 426. The normalized spacial score (nSPS) is 14.5. The summed E-state index contributed by atoms with van der Waals surface area (Å²) in [5.41, 5.74) is 0. The summed E-state index contributed by atoms with van der Waals surface area (Å²) in [6, 6.07) is 5.85. The summed E-state index contributed by atoms with van der Waals surface area (Å²) in [6.07, 6.45) is 2.45. The van der Waals surface area contributed by atoms with Crippen LogP contribution in [0.15, 0.2) is 16.5 Å². The van der Waals surface area contributed by atoms with Crippen LogP contribution >= 0.6 is 0 Å². The summed E-state index contributed by atoms with van der Waals surface area (Å²) in [7, 11) is 0. The van der Waals surface area contributed by atoms with E-state index in [0.29, 0.717) is 24.8 Å². The van der Waals surface area contributed by atoms with Crippen LogP contribution in [0.2, 0.25) is 0 Å². The minimum Gasteiger partial charge on any atom is -0.456 e. The van der Waals surface area contributed by atoms with Gasteiger partial charge >= 0.3 is 0 Å². The van der Waals surface area contributed by atoms with Crippen LogP contribution in [0, 0.1) is 18.3 Å². The molecule has 4 nitrogen and oxygen atoms in total. The molecule has 1 aliphatic carbocycles. The van der Waals surface area contributed by atoms with Gasteiger partial charge in [0.1, 0.15) is 5.76 Å². The first-order valence-electron chi connectivity index (χ1n) is 5.46. The molecule has 0 aliphatic heterocycles. The highest BCUT2D eigenvalue weighted by molar-refractivity contribution is 5.92. The molecule has 0 unspecified atom stereocenters. The van der Waals surface area contributed by atoms with Crippen LogP contribution in [0.25, 0.3) is 0 Å². The average Bonchev–Trinajstić information content (AvgIpc) is 3.01. The van der Waals surface area contributed by atoms with Gasteiger partial charge in [-0.1, -0.05) is 0 Å². The Morgan fingerprint density at radius 3 is 2.88 bits per heavy atom. The lowest BCUT2D eigenvalue weighted by Gasteiger charge is -2.19. The number of carbonyl (C=O) groups excluding carboxylic acids is 1. The van der Waals surface area contributed by atoms with Gasteiger partial charge in [-0.25, -0.2) is 0 Å². The number of aryl methyl sites for hydroxylation is 1. The van der Waals surface area contributed by atoms with Crippen molar-refractivity contribution in [3.8, 4) is 6.07 Å². The van der Waals surface area contributed by atoms with E-state index >= 15 is 0 Å². The van der Waals surface area contributed by atoms with Crippen LogP contribution in [-0.4, -0.2) is 23.4 Å². The molecule has 0 N–H and O–H groups in total. The number of hydrogen-bond donors (Lipinski definition) is 0.